The number of esters is 1. The van der Waals surface area contributed by atoms with E-state index in [1.165, 1.54) is 7.05 Å². The molecule has 0 atom stereocenters. The van der Waals surface area contributed by atoms with E-state index in [-0.39, 0.29) is 12.6 Å². The van der Waals surface area contributed by atoms with Gasteiger partial charge in [0.1, 0.15) is 18.1 Å². The molecule has 0 bridgehead atoms. The van der Waals surface area contributed by atoms with Gasteiger partial charge >= 0.3 is 12.0 Å². The smallest absolute Gasteiger partial charge is 0.356 e. The minimum Gasteiger partial charge on any atom is -0.489 e. The number of aryl methyl sites for hydroxylation is 3. The largest absolute Gasteiger partial charge is 0.489 e. The van der Waals surface area contributed by atoms with E-state index < -0.39 is 6.03 Å². The molecule has 186 valence electrons. The number of ether oxygens (including phenoxy) is 2. The minimum absolute atomic E-state index is 0.281. The number of nitrogens with one attached hydrogen (secondary N) is 1. The second-order valence-corrected chi connectivity index (χ2v) is 8.27. The quantitative estimate of drug-likeness (QED) is 0.215. The van der Waals surface area contributed by atoms with E-state index >= 15 is 0 Å². The molecule has 0 aliphatic carbocycles. The zero-order valence-electron chi connectivity index (χ0n) is 21.1. The van der Waals surface area contributed by atoms with E-state index in [9.17, 15) is 9.59 Å². The molecule has 35 heavy (non-hydrogen) atoms. The van der Waals surface area contributed by atoms with Gasteiger partial charge in [-0.25, -0.2) is 15.4 Å². The summed E-state index contributed by atoms with van der Waals surface area (Å²) in [6.07, 6.45) is 0.792. The third kappa shape index (κ3) is 5.63. The number of hydrogen-bond acceptors (Lipinski definition) is 6. The molecule has 2 amide bonds. The van der Waals surface area contributed by atoms with Crippen molar-refractivity contribution >= 4 is 17.7 Å². The Balaban J connectivity index is 1.85. The Morgan fingerprint density at radius 2 is 1.91 bits per heavy atom. The van der Waals surface area contributed by atoms with E-state index in [1.54, 1.807) is 18.7 Å². The summed E-state index contributed by atoms with van der Waals surface area (Å²) in [6.45, 7) is 8.24. The lowest BCUT2D eigenvalue weighted by atomic mass is 10.0. The Kier molecular flexibility index (Phi) is 8.14. The van der Waals surface area contributed by atoms with Crippen LogP contribution in [0.4, 0.5) is 10.5 Å². The summed E-state index contributed by atoms with van der Waals surface area (Å²) >= 11 is 0. The topological polar surface area (TPSA) is 112 Å². The second-order valence-electron chi connectivity index (χ2n) is 8.27. The van der Waals surface area contributed by atoms with Crippen LogP contribution in [0.25, 0.3) is 11.3 Å². The van der Waals surface area contributed by atoms with Crippen molar-refractivity contribution in [1.82, 2.24) is 14.8 Å². The van der Waals surface area contributed by atoms with Gasteiger partial charge in [0.15, 0.2) is 0 Å². The molecule has 1 aromatic heterocycles. The molecule has 3 N–H and O–H groups in total. The number of carbonyl (C=O) groups is 2. The SMILES string of the molecule is CCOC(=O)c1c(C)c(-c2ccc(OCc3c(CC)cccc3NC(=O)N(C)N)c(C)c2)nn1C. The summed E-state index contributed by atoms with van der Waals surface area (Å²) in [7, 11) is 3.22. The third-order valence-electron chi connectivity index (χ3n) is 5.79. The Hall–Kier alpha value is -3.85. The summed E-state index contributed by atoms with van der Waals surface area (Å²) in [6, 6.07) is 11.1. The number of carbonyl (C=O) groups excluding carboxylic acids is 2. The fourth-order valence-corrected chi connectivity index (χ4v) is 3.95. The summed E-state index contributed by atoms with van der Waals surface area (Å²) in [4.78, 5) is 24.4. The highest BCUT2D eigenvalue weighted by Gasteiger charge is 2.21. The van der Waals surface area contributed by atoms with E-state index in [0.717, 1.165) is 44.9 Å². The maximum atomic E-state index is 12.3. The van der Waals surface area contributed by atoms with Gasteiger partial charge in [-0.2, -0.15) is 5.10 Å². The minimum atomic E-state index is -0.409. The average Bonchev–Trinajstić information content (AvgIpc) is 3.12. The van der Waals surface area contributed by atoms with Gasteiger partial charge in [0.25, 0.3) is 0 Å². The number of rotatable bonds is 8. The zero-order chi connectivity index (χ0) is 25.7. The first-order valence-electron chi connectivity index (χ1n) is 11.5. The molecule has 0 aliphatic heterocycles. The average molecular weight is 480 g/mol. The molecule has 0 spiro atoms. The number of urea groups is 1. The molecule has 9 heteroatoms. The van der Waals surface area contributed by atoms with Crippen molar-refractivity contribution in [3.05, 3.63) is 64.3 Å². The van der Waals surface area contributed by atoms with Crippen molar-refractivity contribution in [1.29, 1.82) is 0 Å². The van der Waals surface area contributed by atoms with Gasteiger partial charge in [-0.05, 0) is 62.6 Å². The van der Waals surface area contributed by atoms with Gasteiger partial charge in [-0.15, -0.1) is 0 Å². The number of hydrogen-bond donors (Lipinski definition) is 2. The van der Waals surface area contributed by atoms with E-state index in [4.69, 9.17) is 15.3 Å². The van der Waals surface area contributed by atoms with Crippen molar-refractivity contribution in [2.24, 2.45) is 12.9 Å². The maximum Gasteiger partial charge on any atom is 0.356 e. The Morgan fingerprint density at radius 3 is 2.54 bits per heavy atom. The lowest BCUT2D eigenvalue weighted by molar-refractivity contribution is 0.0512. The fraction of sp³-hybridized carbons (Fsp3) is 0.346. The summed E-state index contributed by atoms with van der Waals surface area (Å²) < 4.78 is 12.9. The van der Waals surface area contributed by atoms with Crippen LogP contribution in [0.2, 0.25) is 0 Å². The van der Waals surface area contributed by atoms with Crippen molar-refractivity contribution in [2.75, 3.05) is 19.0 Å². The number of hydrazine groups is 1. The Labute approximate surface area is 205 Å². The first-order chi connectivity index (χ1) is 16.7. The molecule has 1 heterocycles. The third-order valence-corrected chi connectivity index (χ3v) is 5.79. The normalized spacial score (nSPS) is 10.7. The number of nitrogens with two attached hydrogens (primary N) is 1. The van der Waals surface area contributed by atoms with Crippen LogP contribution < -0.4 is 15.9 Å². The van der Waals surface area contributed by atoms with Gasteiger partial charge in [0, 0.05) is 36.5 Å². The van der Waals surface area contributed by atoms with Gasteiger partial charge in [-0.1, -0.05) is 19.1 Å². The summed E-state index contributed by atoms with van der Waals surface area (Å²) in [5.41, 5.74) is 6.36. The molecular weight excluding hydrogens is 446 g/mol. The molecule has 3 aromatic rings. The lowest BCUT2D eigenvalue weighted by Gasteiger charge is -2.18. The monoisotopic (exact) mass is 479 g/mol. The van der Waals surface area contributed by atoms with Crippen molar-refractivity contribution in [3.63, 3.8) is 0 Å². The molecule has 0 unspecified atom stereocenters. The van der Waals surface area contributed by atoms with E-state index in [2.05, 4.69) is 17.3 Å². The van der Waals surface area contributed by atoms with Crippen LogP contribution in [0.1, 0.15) is 46.6 Å². The van der Waals surface area contributed by atoms with Crippen LogP contribution in [0, 0.1) is 13.8 Å². The van der Waals surface area contributed by atoms with Crippen LogP contribution >= 0.6 is 0 Å². The maximum absolute atomic E-state index is 12.3. The zero-order valence-corrected chi connectivity index (χ0v) is 21.1. The highest BCUT2D eigenvalue weighted by molar-refractivity contribution is 5.91. The van der Waals surface area contributed by atoms with Crippen LogP contribution in [0.15, 0.2) is 36.4 Å². The number of amides is 2. The van der Waals surface area contributed by atoms with Gasteiger partial charge in [0.2, 0.25) is 0 Å². The Morgan fingerprint density at radius 1 is 1.17 bits per heavy atom. The van der Waals surface area contributed by atoms with E-state index in [1.807, 2.05) is 50.2 Å². The fourth-order valence-electron chi connectivity index (χ4n) is 3.95. The van der Waals surface area contributed by atoms with Gasteiger partial charge in [0.05, 0.1) is 12.3 Å². The standard InChI is InChI=1S/C26H33N5O4/c1-7-18-10-9-11-21(28-26(33)30(5)27)20(18)15-35-22-13-12-19(14-16(22)3)23-17(4)24(31(6)29-23)25(32)34-8-2/h9-14H,7-8,15,27H2,1-6H3,(H,28,33). The molecule has 3 rings (SSSR count). The van der Waals surface area contributed by atoms with Crippen molar-refractivity contribution < 1.29 is 19.1 Å². The van der Waals surface area contributed by atoms with E-state index in [0.29, 0.717) is 23.7 Å². The highest BCUT2D eigenvalue weighted by atomic mass is 16.5. The number of anilines is 1. The number of nitrogens with zero attached hydrogens (tertiary/aromatic N) is 3. The molecular formula is C26H33N5O4. The molecule has 0 aliphatic rings. The molecule has 2 aromatic carbocycles. The van der Waals surface area contributed by atoms with Crippen LogP contribution in [0.5, 0.6) is 5.75 Å². The van der Waals surface area contributed by atoms with Crippen LogP contribution in [0.3, 0.4) is 0 Å². The highest BCUT2D eigenvalue weighted by Crippen LogP contribution is 2.30. The summed E-state index contributed by atoms with van der Waals surface area (Å²) in [5.74, 6) is 5.89. The number of aromatic nitrogens is 2. The predicted molar refractivity (Wildman–Crippen MR) is 135 cm³/mol. The molecule has 0 radical (unpaired) electrons. The van der Waals surface area contributed by atoms with Crippen LogP contribution in [-0.4, -0.2) is 40.4 Å². The molecule has 0 fully saturated rings. The molecule has 0 saturated heterocycles. The first-order valence-corrected chi connectivity index (χ1v) is 11.5. The lowest BCUT2D eigenvalue weighted by Crippen LogP contribution is -2.37. The summed E-state index contributed by atoms with van der Waals surface area (Å²) in [5, 5.41) is 8.38. The van der Waals surface area contributed by atoms with Gasteiger partial charge in [-0.3, -0.25) is 9.69 Å². The number of benzene rings is 2. The second kappa shape index (κ2) is 11.1. The van der Waals surface area contributed by atoms with Crippen molar-refractivity contribution in [2.45, 2.75) is 40.7 Å². The Bertz CT molecular complexity index is 1230. The van der Waals surface area contributed by atoms with Crippen LogP contribution in [-0.2, 0) is 24.8 Å². The van der Waals surface area contributed by atoms with Gasteiger partial charge < -0.3 is 14.8 Å². The predicted octanol–water partition coefficient (Wildman–Crippen LogP) is 4.36. The molecule has 9 nitrogen and oxygen atoms in total. The molecule has 0 saturated carbocycles. The first kappa shape index (κ1) is 25.8. The van der Waals surface area contributed by atoms with Crippen molar-refractivity contribution in [3.8, 4) is 17.0 Å².